The molecule has 4 rings (SSSR count). The molecule has 7 heteroatoms. The van der Waals surface area contributed by atoms with Crippen LogP contribution >= 0.6 is 0 Å². The highest BCUT2D eigenvalue weighted by Gasteiger charge is 2.26. The zero-order valence-corrected chi connectivity index (χ0v) is 14.5. The Morgan fingerprint density at radius 2 is 1.56 bits per heavy atom. The zero-order chi connectivity index (χ0) is 17.4. The Morgan fingerprint density at radius 1 is 0.960 bits per heavy atom. The fraction of sp³-hybridized carbons (Fsp3) is 0.333. The summed E-state index contributed by atoms with van der Waals surface area (Å²) in [5.74, 6) is 0. The van der Waals surface area contributed by atoms with Gasteiger partial charge in [-0.15, -0.1) is 0 Å². The minimum absolute atomic E-state index is 0.0150. The molecular formula is C18H19N3O3S. The lowest BCUT2D eigenvalue weighted by Crippen LogP contribution is -2.35. The van der Waals surface area contributed by atoms with Gasteiger partial charge in [0.1, 0.15) is 0 Å². The Bertz CT molecular complexity index is 908. The maximum Gasteiger partial charge on any atom is 0.333 e. The standard InChI is InChI=1S/C18H19N3O3S/c22-18(21-25(23,24)14-7-9-19-10-8-14)20-17-15-5-1-3-12(15)11-13-4-2-6-16(13)17/h7-11H,1-6H2,(H2,20,21,22). The van der Waals surface area contributed by atoms with Gasteiger partial charge in [0.2, 0.25) is 0 Å². The van der Waals surface area contributed by atoms with Crippen LogP contribution in [0.3, 0.4) is 0 Å². The average molecular weight is 357 g/mol. The predicted octanol–water partition coefficient (Wildman–Crippen LogP) is 2.57. The fourth-order valence-electron chi connectivity index (χ4n) is 3.80. The number of hydrogen-bond acceptors (Lipinski definition) is 4. The van der Waals surface area contributed by atoms with Crippen molar-refractivity contribution in [1.82, 2.24) is 9.71 Å². The van der Waals surface area contributed by atoms with Crippen molar-refractivity contribution in [3.63, 3.8) is 0 Å². The lowest BCUT2D eigenvalue weighted by Gasteiger charge is -2.16. The monoisotopic (exact) mass is 357 g/mol. The molecule has 2 aromatic rings. The average Bonchev–Trinajstić information content (AvgIpc) is 3.24. The highest BCUT2D eigenvalue weighted by Crippen LogP contribution is 2.38. The van der Waals surface area contributed by atoms with Crippen molar-refractivity contribution in [3.05, 3.63) is 52.8 Å². The third-order valence-electron chi connectivity index (χ3n) is 4.90. The van der Waals surface area contributed by atoms with Crippen LogP contribution < -0.4 is 10.0 Å². The van der Waals surface area contributed by atoms with Crippen molar-refractivity contribution in [2.24, 2.45) is 0 Å². The Kier molecular flexibility index (Phi) is 3.95. The normalized spacial score (nSPS) is 15.5. The zero-order valence-electron chi connectivity index (χ0n) is 13.7. The largest absolute Gasteiger partial charge is 0.333 e. The Balaban J connectivity index is 1.60. The van der Waals surface area contributed by atoms with E-state index in [0.29, 0.717) is 0 Å². The summed E-state index contributed by atoms with van der Waals surface area (Å²) in [5, 5.41) is 2.82. The van der Waals surface area contributed by atoms with Gasteiger partial charge in [-0.1, -0.05) is 6.07 Å². The van der Waals surface area contributed by atoms with Gasteiger partial charge in [-0.25, -0.2) is 17.9 Å². The lowest BCUT2D eigenvalue weighted by molar-refractivity contribution is 0.256. The molecule has 2 aliphatic carbocycles. The minimum Gasteiger partial charge on any atom is -0.307 e. The molecule has 0 saturated carbocycles. The van der Waals surface area contributed by atoms with Crippen LogP contribution in [0.15, 0.2) is 35.5 Å². The predicted molar refractivity (Wildman–Crippen MR) is 94.1 cm³/mol. The van der Waals surface area contributed by atoms with Crippen LogP contribution in [0.4, 0.5) is 10.5 Å². The van der Waals surface area contributed by atoms with Crippen molar-refractivity contribution >= 4 is 21.7 Å². The van der Waals surface area contributed by atoms with Gasteiger partial charge in [-0.3, -0.25) is 4.98 Å². The number of pyridine rings is 1. The maximum absolute atomic E-state index is 12.4. The first-order chi connectivity index (χ1) is 12.0. The molecule has 0 spiro atoms. The maximum atomic E-state index is 12.4. The smallest absolute Gasteiger partial charge is 0.307 e. The van der Waals surface area contributed by atoms with Crippen molar-refractivity contribution in [3.8, 4) is 0 Å². The fourth-order valence-corrected chi connectivity index (χ4v) is 4.70. The number of nitrogens with one attached hydrogen (secondary N) is 2. The van der Waals surface area contributed by atoms with Crippen LogP contribution in [-0.2, 0) is 35.7 Å². The van der Waals surface area contributed by atoms with E-state index in [1.54, 1.807) is 0 Å². The summed E-state index contributed by atoms with van der Waals surface area (Å²) in [7, 11) is -3.91. The van der Waals surface area contributed by atoms with Gasteiger partial charge in [0, 0.05) is 18.1 Å². The van der Waals surface area contributed by atoms with E-state index in [4.69, 9.17) is 0 Å². The number of nitrogens with zero attached hydrogens (tertiary/aromatic N) is 1. The molecule has 1 aromatic heterocycles. The van der Waals surface area contributed by atoms with Crippen molar-refractivity contribution in [2.45, 2.75) is 43.4 Å². The molecule has 2 aliphatic rings. The number of carbonyl (C=O) groups excluding carboxylic acids is 1. The number of fused-ring (bicyclic) bond motifs is 2. The Hall–Kier alpha value is -2.41. The Morgan fingerprint density at radius 3 is 2.16 bits per heavy atom. The molecule has 25 heavy (non-hydrogen) atoms. The third-order valence-corrected chi connectivity index (χ3v) is 6.25. The number of benzene rings is 1. The molecule has 1 heterocycles. The first-order valence-corrected chi connectivity index (χ1v) is 9.93. The highest BCUT2D eigenvalue weighted by atomic mass is 32.2. The number of rotatable bonds is 3. The number of sulfonamides is 1. The number of amides is 2. The van der Waals surface area contributed by atoms with Crippen LogP contribution in [-0.4, -0.2) is 19.4 Å². The summed E-state index contributed by atoms with van der Waals surface area (Å²) in [6.45, 7) is 0. The SMILES string of the molecule is O=C(Nc1c2c(cc3c1CCC3)CCC2)NS(=O)(=O)c1ccncc1. The van der Waals surface area contributed by atoms with Crippen molar-refractivity contribution in [1.29, 1.82) is 0 Å². The van der Waals surface area contributed by atoms with Crippen molar-refractivity contribution < 1.29 is 13.2 Å². The number of aryl methyl sites for hydroxylation is 2. The van der Waals surface area contributed by atoms with Gasteiger partial charge >= 0.3 is 6.03 Å². The summed E-state index contributed by atoms with van der Waals surface area (Å²) in [5.41, 5.74) is 5.72. The summed E-state index contributed by atoms with van der Waals surface area (Å²) >= 11 is 0. The van der Waals surface area contributed by atoms with E-state index in [1.165, 1.54) is 35.7 Å². The second-order valence-corrected chi connectivity index (χ2v) is 8.16. The Labute approximate surface area is 146 Å². The molecule has 0 aliphatic heterocycles. The van der Waals surface area contributed by atoms with E-state index >= 15 is 0 Å². The summed E-state index contributed by atoms with van der Waals surface area (Å²) in [6.07, 6.45) is 8.80. The molecule has 0 bridgehead atoms. The summed E-state index contributed by atoms with van der Waals surface area (Å²) in [4.78, 5) is 16.2. The molecular weight excluding hydrogens is 338 g/mol. The molecule has 1 aromatic carbocycles. The van der Waals surface area contributed by atoms with Gasteiger partial charge in [0.25, 0.3) is 10.0 Å². The second-order valence-electron chi connectivity index (χ2n) is 6.48. The molecule has 2 N–H and O–H groups in total. The van der Waals surface area contributed by atoms with Gasteiger partial charge in [0.15, 0.2) is 0 Å². The quantitative estimate of drug-likeness (QED) is 0.884. The topological polar surface area (TPSA) is 88.2 Å². The van der Waals surface area contributed by atoms with Gasteiger partial charge < -0.3 is 5.32 Å². The first-order valence-electron chi connectivity index (χ1n) is 8.45. The van der Waals surface area contributed by atoms with Crippen LogP contribution in [0.25, 0.3) is 0 Å². The third kappa shape index (κ3) is 3.00. The van der Waals surface area contributed by atoms with E-state index in [-0.39, 0.29) is 4.90 Å². The number of urea groups is 1. The highest BCUT2D eigenvalue weighted by molar-refractivity contribution is 7.90. The summed E-state index contributed by atoms with van der Waals surface area (Å²) < 4.78 is 26.7. The van der Waals surface area contributed by atoms with Crippen LogP contribution in [0.1, 0.15) is 35.1 Å². The number of carbonyl (C=O) groups is 1. The second kappa shape index (κ2) is 6.15. The molecule has 0 radical (unpaired) electrons. The number of anilines is 1. The van der Waals surface area contributed by atoms with Gasteiger partial charge in [-0.2, -0.15) is 0 Å². The summed E-state index contributed by atoms with van der Waals surface area (Å²) in [6, 6.07) is 4.26. The van der Waals surface area contributed by atoms with Gasteiger partial charge in [-0.05, 0) is 72.9 Å². The molecule has 2 amide bonds. The molecule has 130 valence electrons. The lowest BCUT2D eigenvalue weighted by atomic mass is 9.99. The van der Waals surface area contributed by atoms with Gasteiger partial charge in [0.05, 0.1) is 4.90 Å². The van der Waals surface area contributed by atoms with Crippen LogP contribution in [0, 0.1) is 0 Å². The molecule has 0 atom stereocenters. The number of aromatic nitrogens is 1. The first kappa shape index (κ1) is 16.1. The minimum atomic E-state index is -3.91. The number of hydrogen-bond donors (Lipinski definition) is 2. The van der Waals surface area contributed by atoms with E-state index in [0.717, 1.165) is 55.3 Å². The van der Waals surface area contributed by atoms with Crippen LogP contribution in [0.5, 0.6) is 0 Å². The molecule has 0 fully saturated rings. The van der Waals surface area contributed by atoms with E-state index in [9.17, 15) is 13.2 Å². The molecule has 6 nitrogen and oxygen atoms in total. The van der Waals surface area contributed by atoms with E-state index in [1.807, 2.05) is 0 Å². The molecule has 0 saturated heterocycles. The molecule has 0 unspecified atom stereocenters. The van der Waals surface area contributed by atoms with E-state index in [2.05, 4.69) is 21.1 Å². The van der Waals surface area contributed by atoms with Crippen LogP contribution in [0.2, 0.25) is 0 Å². The van der Waals surface area contributed by atoms with E-state index < -0.39 is 16.1 Å². The van der Waals surface area contributed by atoms with Crippen molar-refractivity contribution in [2.75, 3.05) is 5.32 Å².